The van der Waals surface area contributed by atoms with Gasteiger partial charge in [-0.25, -0.2) is 0 Å². The average Bonchev–Trinajstić information content (AvgIpc) is 1.61. The maximum atomic E-state index is 3.31. The van der Waals surface area contributed by atoms with Crippen LogP contribution >= 0.6 is 32.9 Å². The quantitative estimate of drug-likeness (QED) is 0.576. The summed E-state index contributed by atoms with van der Waals surface area (Å²) >= 11 is 3.31. The number of hydrogen-bond acceptors (Lipinski definition) is 1. The second-order valence-electron chi connectivity index (χ2n) is 1.15. The zero-order valence-corrected chi connectivity index (χ0v) is 7.71. The highest BCUT2D eigenvalue weighted by Crippen LogP contribution is 1.82. The molecule has 0 amide bonds. The zero-order valence-electron chi connectivity index (χ0n) is 4.41. The molecule has 0 aromatic rings. The van der Waals surface area contributed by atoms with Crippen LogP contribution in [0.4, 0.5) is 0 Å². The van der Waals surface area contributed by atoms with Crippen LogP contribution in [0.2, 0.25) is 0 Å². The summed E-state index contributed by atoms with van der Waals surface area (Å²) < 4.78 is 0. The van der Waals surface area contributed by atoms with Gasteiger partial charge in [-0.15, -0.1) is 17.0 Å². The van der Waals surface area contributed by atoms with Gasteiger partial charge in [0, 0.05) is 5.33 Å². The van der Waals surface area contributed by atoms with Gasteiger partial charge in [-0.2, -0.15) is 0 Å². The lowest BCUT2D eigenvalue weighted by molar-refractivity contribution is 0.780. The Morgan fingerprint density at radius 3 is 2.29 bits per heavy atom. The maximum Gasteiger partial charge on any atom is 0.00433 e. The van der Waals surface area contributed by atoms with Crippen LogP contribution < -0.4 is 5.32 Å². The van der Waals surface area contributed by atoms with Crippen molar-refractivity contribution in [2.45, 2.75) is 6.42 Å². The summed E-state index contributed by atoms with van der Waals surface area (Å²) in [6, 6.07) is 0. The Kier molecular flexibility index (Phi) is 15.5. The van der Waals surface area contributed by atoms with E-state index in [1.54, 1.807) is 0 Å². The van der Waals surface area contributed by atoms with Crippen LogP contribution in [-0.2, 0) is 0 Å². The van der Waals surface area contributed by atoms with E-state index in [2.05, 4.69) is 21.2 Å². The fourth-order valence-electron chi connectivity index (χ4n) is 0.244. The maximum absolute atomic E-state index is 3.31. The first-order chi connectivity index (χ1) is 2.91. The summed E-state index contributed by atoms with van der Waals surface area (Å²) in [5.74, 6) is 0. The molecule has 0 aliphatic heterocycles. The Balaban J connectivity index is 0. The Hall–Kier alpha value is 0.920. The SMILES string of the molecule is Br.CNCCCBr. The second kappa shape index (κ2) is 10.0. The topological polar surface area (TPSA) is 12.0 Å². The smallest absolute Gasteiger partial charge is 0.00433 e. The van der Waals surface area contributed by atoms with Crippen molar-refractivity contribution < 1.29 is 0 Å². The van der Waals surface area contributed by atoms with E-state index in [1.165, 1.54) is 6.42 Å². The van der Waals surface area contributed by atoms with Crippen LogP contribution in [-0.4, -0.2) is 18.9 Å². The van der Waals surface area contributed by atoms with Crippen LogP contribution in [0.15, 0.2) is 0 Å². The van der Waals surface area contributed by atoms with E-state index in [9.17, 15) is 0 Å². The van der Waals surface area contributed by atoms with Crippen molar-refractivity contribution in [2.75, 3.05) is 18.9 Å². The summed E-state index contributed by atoms with van der Waals surface area (Å²) in [6.07, 6.45) is 1.22. The molecule has 0 fully saturated rings. The number of halogens is 2. The van der Waals surface area contributed by atoms with E-state index >= 15 is 0 Å². The molecule has 7 heavy (non-hydrogen) atoms. The summed E-state index contributed by atoms with van der Waals surface area (Å²) in [7, 11) is 1.96. The molecule has 0 radical (unpaired) electrons. The van der Waals surface area contributed by atoms with Crippen molar-refractivity contribution in [3.8, 4) is 0 Å². The van der Waals surface area contributed by atoms with Gasteiger partial charge in [0.15, 0.2) is 0 Å². The van der Waals surface area contributed by atoms with Crippen molar-refractivity contribution in [1.82, 2.24) is 5.32 Å². The molecule has 3 heteroatoms. The highest BCUT2D eigenvalue weighted by atomic mass is 79.9. The van der Waals surface area contributed by atoms with Crippen molar-refractivity contribution >= 4 is 32.9 Å². The van der Waals surface area contributed by atoms with Gasteiger partial charge in [0.2, 0.25) is 0 Å². The summed E-state index contributed by atoms with van der Waals surface area (Å²) in [4.78, 5) is 0. The zero-order chi connectivity index (χ0) is 4.83. The molecule has 0 aromatic carbocycles. The molecule has 0 bridgehead atoms. The first-order valence-corrected chi connectivity index (χ1v) is 3.24. The van der Waals surface area contributed by atoms with Crippen molar-refractivity contribution in [2.24, 2.45) is 0 Å². The molecule has 0 aromatic heterocycles. The van der Waals surface area contributed by atoms with Gasteiger partial charge >= 0.3 is 0 Å². The fraction of sp³-hybridized carbons (Fsp3) is 1.00. The lowest BCUT2D eigenvalue weighted by Crippen LogP contribution is -2.07. The Morgan fingerprint density at radius 2 is 2.14 bits per heavy atom. The van der Waals surface area contributed by atoms with Gasteiger partial charge in [-0.05, 0) is 20.0 Å². The minimum atomic E-state index is 0. The summed E-state index contributed by atoms with van der Waals surface area (Å²) in [5.41, 5.74) is 0. The Morgan fingerprint density at radius 1 is 1.57 bits per heavy atom. The first-order valence-electron chi connectivity index (χ1n) is 2.12. The van der Waals surface area contributed by atoms with E-state index in [0.29, 0.717) is 0 Å². The number of alkyl halides is 1. The van der Waals surface area contributed by atoms with E-state index < -0.39 is 0 Å². The lowest BCUT2D eigenvalue weighted by atomic mass is 10.5. The number of hydrogen-bond donors (Lipinski definition) is 1. The molecule has 0 atom stereocenters. The van der Waals surface area contributed by atoms with Gasteiger partial charge < -0.3 is 5.32 Å². The molecule has 0 rings (SSSR count). The molecule has 0 heterocycles. The van der Waals surface area contributed by atoms with Crippen LogP contribution in [0.5, 0.6) is 0 Å². The van der Waals surface area contributed by atoms with Gasteiger partial charge in [-0.3, -0.25) is 0 Å². The Bertz CT molecular complexity index is 21.7. The first kappa shape index (κ1) is 10.8. The van der Waals surface area contributed by atoms with E-state index in [4.69, 9.17) is 0 Å². The van der Waals surface area contributed by atoms with E-state index in [1.807, 2.05) is 7.05 Å². The molecular formula is C4H11Br2N. The van der Waals surface area contributed by atoms with Gasteiger partial charge in [-0.1, -0.05) is 15.9 Å². The van der Waals surface area contributed by atoms with Crippen LogP contribution in [0.1, 0.15) is 6.42 Å². The monoisotopic (exact) mass is 231 g/mol. The minimum Gasteiger partial charge on any atom is -0.320 e. The average molecular weight is 233 g/mol. The van der Waals surface area contributed by atoms with Crippen LogP contribution in [0, 0.1) is 0 Å². The Labute approximate surface area is 63.8 Å². The van der Waals surface area contributed by atoms with Crippen molar-refractivity contribution in [1.29, 1.82) is 0 Å². The molecule has 0 saturated heterocycles. The largest absolute Gasteiger partial charge is 0.320 e. The molecule has 0 spiro atoms. The standard InChI is InChI=1S/C4H10BrN.BrH/c1-6-4-2-3-5;/h6H,2-4H2,1H3;1H. The van der Waals surface area contributed by atoms with Gasteiger partial charge in [0.05, 0.1) is 0 Å². The molecule has 0 aliphatic rings. The fourth-order valence-corrected chi connectivity index (χ4v) is 0.524. The highest BCUT2D eigenvalue weighted by Gasteiger charge is 1.74. The highest BCUT2D eigenvalue weighted by molar-refractivity contribution is 9.09. The van der Waals surface area contributed by atoms with Crippen molar-refractivity contribution in [3.63, 3.8) is 0 Å². The van der Waals surface area contributed by atoms with E-state index in [0.717, 1.165) is 11.9 Å². The van der Waals surface area contributed by atoms with Crippen LogP contribution in [0.25, 0.3) is 0 Å². The van der Waals surface area contributed by atoms with Crippen LogP contribution in [0.3, 0.4) is 0 Å². The molecule has 0 aliphatic carbocycles. The van der Waals surface area contributed by atoms with Gasteiger partial charge in [0.25, 0.3) is 0 Å². The summed E-state index contributed by atoms with van der Waals surface area (Å²) in [5, 5.41) is 4.14. The predicted molar refractivity (Wildman–Crippen MR) is 42.7 cm³/mol. The molecule has 46 valence electrons. The normalized spacial score (nSPS) is 7.71. The molecule has 0 saturated carbocycles. The molecule has 1 nitrogen and oxygen atoms in total. The third-order valence-electron chi connectivity index (χ3n) is 0.560. The van der Waals surface area contributed by atoms with Crippen molar-refractivity contribution in [3.05, 3.63) is 0 Å². The third kappa shape index (κ3) is 10.9. The third-order valence-corrected chi connectivity index (χ3v) is 1.12. The number of rotatable bonds is 3. The summed E-state index contributed by atoms with van der Waals surface area (Å²) in [6.45, 7) is 1.12. The van der Waals surface area contributed by atoms with E-state index in [-0.39, 0.29) is 17.0 Å². The predicted octanol–water partition coefficient (Wildman–Crippen LogP) is 1.57. The second-order valence-corrected chi connectivity index (χ2v) is 1.94. The molecule has 0 unspecified atom stereocenters. The molecule has 1 N–H and O–H groups in total. The molecular weight excluding hydrogens is 222 g/mol. The lowest BCUT2D eigenvalue weighted by Gasteiger charge is -1.88. The van der Waals surface area contributed by atoms with Gasteiger partial charge in [0.1, 0.15) is 0 Å². The number of nitrogens with one attached hydrogen (secondary N) is 1. The minimum absolute atomic E-state index is 0.